The van der Waals surface area contributed by atoms with E-state index in [1.165, 1.54) is 15.9 Å². The molecule has 1 aliphatic heterocycles. The van der Waals surface area contributed by atoms with Gasteiger partial charge in [0.2, 0.25) is 0 Å². The van der Waals surface area contributed by atoms with Gasteiger partial charge in [-0.05, 0) is 0 Å². The number of amides is 1. The zero-order valence-corrected chi connectivity index (χ0v) is 16.9. The molecule has 1 aliphatic rings. The Morgan fingerprint density at radius 2 is 1.12 bits per heavy atom. The van der Waals surface area contributed by atoms with Gasteiger partial charge in [0.25, 0.3) is 0 Å². The summed E-state index contributed by atoms with van der Waals surface area (Å²) in [6.07, 6.45) is 0.820. The fraction of sp³-hybridized carbons (Fsp3) is 0.136. The summed E-state index contributed by atoms with van der Waals surface area (Å²) in [5.41, 5.74) is -0.131. The zero-order valence-electron chi connectivity index (χ0n) is 14.4. The van der Waals surface area contributed by atoms with E-state index in [9.17, 15) is 4.79 Å². The number of rotatable bonds is 4. The number of carbonyl (C=O) groups is 1. The van der Waals surface area contributed by atoms with Crippen LogP contribution >= 0.6 is 20.8 Å². The van der Waals surface area contributed by atoms with Crippen molar-refractivity contribution in [1.82, 2.24) is 5.32 Å². The van der Waals surface area contributed by atoms with Gasteiger partial charge in [0.05, 0.1) is 0 Å². The molecule has 4 rings (SSSR count). The van der Waals surface area contributed by atoms with Gasteiger partial charge in [-0.15, -0.1) is 0 Å². The Morgan fingerprint density at radius 1 is 0.731 bits per heavy atom. The Labute approximate surface area is 162 Å². The van der Waals surface area contributed by atoms with Crippen molar-refractivity contribution in [3.63, 3.8) is 0 Å². The van der Waals surface area contributed by atoms with E-state index in [1.54, 1.807) is 0 Å². The number of hydrogen-bond acceptors (Lipinski definition) is 1. The third-order valence-corrected chi connectivity index (χ3v) is 16.1. The minimum absolute atomic E-state index is 0.131. The van der Waals surface area contributed by atoms with Crippen molar-refractivity contribution in [2.75, 3.05) is 6.54 Å². The molecule has 26 heavy (non-hydrogen) atoms. The number of nitrogens with one attached hydrogen (secondary N) is 1. The molecule has 0 radical (unpaired) electrons. The van der Waals surface area contributed by atoms with E-state index in [0.29, 0.717) is 0 Å². The average Bonchev–Trinajstić information content (AvgIpc) is 3.16. The molecule has 3 aromatic carbocycles. The summed E-state index contributed by atoms with van der Waals surface area (Å²) in [5, 5.41) is 3.48. The van der Waals surface area contributed by atoms with E-state index < -0.39 is 5.31 Å². The Morgan fingerprint density at radius 3 is 1.42 bits per heavy atom. The van der Waals surface area contributed by atoms with Crippen LogP contribution in [0, 0.1) is 0 Å². The SMILES string of the molecule is O=C1NCCC1P(Br)(c1ccccc1)(c1ccccc1)c1ccccc1. The first kappa shape index (κ1) is 17.5. The number of benzene rings is 3. The molecule has 1 N–H and O–H groups in total. The fourth-order valence-corrected chi connectivity index (χ4v) is 12.9. The van der Waals surface area contributed by atoms with Gasteiger partial charge in [-0.2, -0.15) is 0 Å². The Bertz CT molecular complexity index is 815. The second kappa shape index (κ2) is 6.64. The van der Waals surface area contributed by atoms with Gasteiger partial charge in [0.1, 0.15) is 0 Å². The van der Waals surface area contributed by atoms with Crippen molar-refractivity contribution in [3.05, 3.63) is 91.0 Å². The van der Waals surface area contributed by atoms with Crippen LogP contribution in [0.25, 0.3) is 0 Å². The molecule has 1 atom stereocenters. The van der Waals surface area contributed by atoms with Gasteiger partial charge >= 0.3 is 162 Å². The Kier molecular flexibility index (Phi) is 4.46. The van der Waals surface area contributed by atoms with Crippen LogP contribution in [0.4, 0.5) is 0 Å². The molecular formula is C22H21BrNOP. The number of halogens is 1. The first-order valence-corrected chi connectivity index (χ1v) is 13.2. The second-order valence-corrected chi connectivity index (χ2v) is 15.4. The van der Waals surface area contributed by atoms with Gasteiger partial charge < -0.3 is 0 Å². The molecule has 0 spiro atoms. The van der Waals surface area contributed by atoms with Crippen LogP contribution in [-0.4, -0.2) is 18.1 Å². The standard InChI is InChI=1S/C22H21BrNOP/c23-26(18-10-4-1-5-11-18,19-12-6-2-7-13-19,20-14-8-3-9-15-20)21-16-17-24-22(21)25/h1-15,21H,16-17H2,(H,24,25). The van der Waals surface area contributed by atoms with Gasteiger partial charge in [-0.25, -0.2) is 0 Å². The van der Waals surface area contributed by atoms with Crippen LogP contribution in [0.2, 0.25) is 0 Å². The summed E-state index contributed by atoms with van der Waals surface area (Å²) >= 11 is 4.35. The van der Waals surface area contributed by atoms with Crippen molar-refractivity contribution in [2.45, 2.75) is 12.1 Å². The van der Waals surface area contributed by atoms with Crippen molar-refractivity contribution in [1.29, 1.82) is 0 Å². The van der Waals surface area contributed by atoms with Crippen molar-refractivity contribution in [2.24, 2.45) is 0 Å². The number of hydrogen-bond donors (Lipinski definition) is 1. The van der Waals surface area contributed by atoms with E-state index >= 15 is 0 Å². The Balaban J connectivity index is 2.16. The van der Waals surface area contributed by atoms with E-state index in [-0.39, 0.29) is 11.6 Å². The summed E-state index contributed by atoms with van der Waals surface area (Å²) in [5.74, 6) is 0.135. The second-order valence-electron chi connectivity index (χ2n) is 6.68. The summed E-state index contributed by atoms with van der Waals surface area (Å²) in [6, 6.07) is 31.5. The van der Waals surface area contributed by atoms with Crippen LogP contribution in [0.3, 0.4) is 0 Å². The first-order valence-electron chi connectivity index (χ1n) is 8.83. The quantitative estimate of drug-likeness (QED) is 0.634. The fourth-order valence-electron chi connectivity index (χ4n) is 4.19. The number of carbonyl (C=O) groups excluding carboxylic acids is 1. The van der Waals surface area contributed by atoms with Crippen LogP contribution in [0.15, 0.2) is 91.0 Å². The predicted molar refractivity (Wildman–Crippen MR) is 115 cm³/mol. The molecule has 0 saturated carbocycles. The van der Waals surface area contributed by atoms with Crippen molar-refractivity contribution >= 4 is 42.6 Å². The normalized spacial score (nSPS) is 18.7. The van der Waals surface area contributed by atoms with Gasteiger partial charge in [0, 0.05) is 0 Å². The molecule has 1 saturated heterocycles. The maximum absolute atomic E-state index is 13.0. The summed E-state index contributed by atoms with van der Waals surface area (Å²) < 4.78 is 0. The van der Waals surface area contributed by atoms with Crippen molar-refractivity contribution < 1.29 is 4.79 Å². The summed E-state index contributed by atoms with van der Waals surface area (Å²) in [6.45, 7) is 0.722. The molecular weight excluding hydrogens is 405 g/mol. The monoisotopic (exact) mass is 425 g/mol. The maximum atomic E-state index is 13.0. The molecule has 0 aromatic heterocycles. The van der Waals surface area contributed by atoms with E-state index in [4.69, 9.17) is 0 Å². The minimum atomic E-state index is -3.17. The first-order chi connectivity index (χ1) is 12.7. The van der Waals surface area contributed by atoms with Crippen LogP contribution in [-0.2, 0) is 4.79 Å². The molecule has 1 unspecified atom stereocenters. The molecule has 1 amide bonds. The molecule has 0 aliphatic carbocycles. The molecule has 132 valence electrons. The van der Waals surface area contributed by atoms with Crippen LogP contribution in [0.1, 0.15) is 6.42 Å². The third-order valence-electron chi connectivity index (χ3n) is 5.39. The topological polar surface area (TPSA) is 29.1 Å². The molecule has 1 fully saturated rings. The van der Waals surface area contributed by atoms with E-state index in [2.05, 4.69) is 93.6 Å². The van der Waals surface area contributed by atoms with E-state index in [0.717, 1.165) is 13.0 Å². The summed E-state index contributed by atoms with van der Waals surface area (Å²) in [7, 11) is 0. The zero-order chi connectivity index (χ0) is 18.1. The molecule has 0 bridgehead atoms. The Hall–Kier alpha value is -1.96. The van der Waals surface area contributed by atoms with Gasteiger partial charge in [0.15, 0.2) is 0 Å². The van der Waals surface area contributed by atoms with Gasteiger partial charge in [-0.1, -0.05) is 0 Å². The summed E-state index contributed by atoms with van der Waals surface area (Å²) in [4.78, 5) is 13.0. The van der Waals surface area contributed by atoms with Gasteiger partial charge in [-0.3, -0.25) is 0 Å². The van der Waals surface area contributed by atoms with Crippen LogP contribution in [0.5, 0.6) is 0 Å². The van der Waals surface area contributed by atoms with Crippen LogP contribution < -0.4 is 21.2 Å². The molecule has 4 heteroatoms. The molecule has 1 heterocycles. The predicted octanol–water partition coefficient (Wildman–Crippen LogP) is 3.71. The molecule has 2 nitrogen and oxygen atoms in total. The van der Waals surface area contributed by atoms with Crippen molar-refractivity contribution in [3.8, 4) is 0 Å². The van der Waals surface area contributed by atoms with E-state index in [1.807, 2.05) is 18.2 Å². The average molecular weight is 426 g/mol. The third kappa shape index (κ3) is 2.38. The molecule has 3 aromatic rings.